The number of hydrogen-bond donors (Lipinski definition) is 2. The molecular formula is C16H22N6O. The molecule has 23 heavy (non-hydrogen) atoms. The molecular weight excluding hydrogens is 292 g/mol. The fraction of sp³-hybridized carbons (Fsp3) is 0.438. The molecule has 1 saturated heterocycles. The largest absolute Gasteiger partial charge is 0.351 e. The van der Waals surface area contributed by atoms with E-state index >= 15 is 0 Å². The highest BCUT2D eigenvalue weighted by Crippen LogP contribution is 2.10. The quantitative estimate of drug-likeness (QED) is 0.783. The number of benzene rings is 1. The standard InChI is InChI=1S/C16H22N6O/c23-16(19-7-10-21-8-5-17-6-9-21)15-4-2-1-3-14(15)11-22-13-18-12-20-22/h1-4,12-13,17H,5-11H2,(H,19,23). The van der Waals surface area contributed by atoms with Crippen LogP contribution in [0.1, 0.15) is 15.9 Å². The maximum atomic E-state index is 12.4. The number of rotatable bonds is 6. The van der Waals surface area contributed by atoms with Gasteiger partial charge in [-0.3, -0.25) is 9.69 Å². The normalized spacial score (nSPS) is 15.5. The SMILES string of the molecule is O=C(NCCN1CCNCC1)c1ccccc1Cn1cncn1. The molecule has 3 rings (SSSR count). The minimum atomic E-state index is -0.0316. The molecule has 1 aliphatic heterocycles. The topological polar surface area (TPSA) is 75.1 Å². The van der Waals surface area contributed by atoms with Crippen molar-refractivity contribution in [2.24, 2.45) is 0 Å². The van der Waals surface area contributed by atoms with Crippen LogP contribution in [0.3, 0.4) is 0 Å². The van der Waals surface area contributed by atoms with E-state index in [2.05, 4.69) is 25.6 Å². The summed E-state index contributed by atoms with van der Waals surface area (Å²) in [5.41, 5.74) is 1.64. The van der Waals surface area contributed by atoms with E-state index in [0.717, 1.165) is 38.3 Å². The first-order valence-corrected chi connectivity index (χ1v) is 7.94. The molecule has 1 amide bonds. The van der Waals surface area contributed by atoms with Crippen molar-refractivity contribution in [3.63, 3.8) is 0 Å². The monoisotopic (exact) mass is 314 g/mol. The second kappa shape index (κ2) is 7.85. The van der Waals surface area contributed by atoms with E-state index in [1.807, 2.05) is 24.3 Å². The maximum Gasteiger partial charge on any atom is 0.251 e. The third-order valence-electron chi connectivity index (χ3n) is 3.98. The van der Waals surface area contributed by atoms with Gasteiger partial charge in [0.05, 0.1) is 6.54 Å². The summed E-state index contributed by atoms with van der Waals surface area (Å²) in [4.78, 5) is 18.7. The Morgan fingerprint density at radius 2 is 2.09 bits per heavy atom. The number of piperazine rings is 1. The van der Waals surface area contributed by atoms with Gasteiger partial charge in [-0.05, 0) is 11.6 Å². The van der Waals surface area contributed by atoms with Gasteiger partial charge in [0, 0.05) is 44.8 Å². The van der Waals surface area contributed by atoms with Crippen molar-refractivity contribution in [1.82, 2.24) is 30.3 Å². The lowest BCUT2D eigenvalue weighted by atomic mass is 10.1. The van der Waals surface area contributed by atoms with E-state index in [4.69, 9.17) is 0 Å². The first kappa shape index (κ1) is 15.6. The molecule has 7 nitrogen and oxygen atoms in total. The van der Waals surface area contributed by atoms with Crippen molar-refractivity contribution < 1.29 is 4.79 Å². The van der Waals surface area contributed by atoms with E-state index in [1.165, 1.54) is 6.33 Å². The average Bonchev–Trinajstić information content (AvgIpc) is 3.09. The number of amides is 1. The van der Waals surface area contributed by atoms with Gasteiger partial charge in [0.2, 0.25) is 0 Å². The van der Waals surface area contributed by atoms with Crippen LogP contribution >= 0.6 is 0 Å². The molecule has 0 unspecified atom stereocenters. The van der Waals surface area contributed by atoms with Gasteiger partial charge < -0.3 is 10.6 Å². The predicted molar refractivity (Wildman–Crippen MR) is 87.2 cm³/mol. The lowest BCUT2D eigenvalue weighted by Gasteiger charge is -2.27. The molecule has 0 atom stereocenters. The van der Waals surface area contributed by atoms with Gasteiger partial charge in [-0.1, -0.05) is 18.2 Å². The summed E-state index contributed by atoms with van der Waals surface area (Å²) in [7, 11) is 0. The van der Waals surface area contributed by atoms with Crippen molar-refractivity contribution in [1.29, 1.82) is 0 Å². The minimum absolute atomic E-state index is 0.0316. The molecule has 2 N–H and O–H groups in total. The Balaban J connectivity index is 1.56. The highest BCUT2D eigenvalue weighted by atomic mass is 16.1. The molecule has 1 aliphatic rings. The van der Waals surface area contributed by atoms with Gasteiger partial charge in [-0.2, -0.15) is 5.10 Å². The van der Waals surface area contributed by atoms with Crippen LogP contribution in [0.25, 0.3) is 0 Å². The Labute approximate surface area is 135 Å². The van der Waals surface area contributed by atoms with Crippen LogP contribution < -0.4 is 10.6 Å². The van der Waals surface area contributed by atoms with Crippen molar-refractivity contribution in [2.75, 3.05) is 39.3 Å². The average molecular weight is 314 g/mol. The zero-order valence-electron chi connectivity index (χ0n) is 13.1. The summed E-state index contributed by atoms with van der Waals surface area (Å²) >= 11 is 0. The van der Waals surface area contributed by atoms with Crippen LogP contribution in [0.4, 0.5) is 0 Å². The number of aromatic nitrogens is 3. The third-order valence-corrected chi connectivity index (χ3v) is 3.98. The Morgan fingerprint density at radius 3 is 2.87 bits per heavy atom. The van der Waals surface area contributed by atoms with Crippen LogP contribution in [-0.2, 0) is 6.54 Å². The fourth-order valence-electron chi connectivity index (χ4n) is 2.73. The Bertz CT molecular complexity index is 621. The van der Waals surface area contributed by atoms with Gasteiger partial charge in [0.1, 0.15) is 12.7 Å². The molecule has 1 fully saturated rings. The number of nitrogens with one attached hydrogen (secondary N) is 2. The second-order valence-electron chi connectivity index (χ2n) is 5.60. The summed E-state index contributed by atoms with van der Waals surface area (Å²) < 4.78 is 1.72. The van der Waals surface area contributed by atoms with Gasteiger partial charge >= 0.3 is 0 Å². The predicted octanol–water partition coefficient (Wildman–Crippen LogP) is -0.0386. The first-order chi connectivity index (χ1) is 11.3. The number of carbonyl (C=O) groups is 1. The molecule has 0 aliphatic carbocycles. The van der Waals surface area contributed by atoms with Crippen LogP contribution in [0.15, 0.2) is 36.9 Å². The van der Waals surface area contributed by atoms with Crippen LogP contribution in [0.5, 0.6) is 0 Å². The van der Waals surface area contributed by atoms with Crippen LogP contribution in [0.2, 0.25) is 0 Å². The zero-order chi connectivity index (χ0) is 15.9. The zero-order valence-corrected chi connectivity index (χ0v) is 13.1. The molecule has 2 aromatic rings. The van der Waals surface area contributed by atoms with Crippen LogP contribution in [-0.4, -0.2) is 64.8 Å². The van der Waals surface area contributed by atoms with Crippen molar-refractivity contribution in [3.05, 3.63) is 48.0 Å². The number of nitrogens with zero attached hydrogens (tertiary/aromatic N) is 4. The Kier molecular flexibility index (Phi) is 5.33. The molecule has 0 saturated carbocycles. The number of hydrogen-bond acceptors (Lipinski definition) is 5. The molecule has 0 bridgehead atoms. The lowest BCUT2D eigenvalue weighted by Crippen LogP contribution is -2.46. The second-order valence-corrected chi connectivity index (χ2v) is 5.60. The highest BCUT2D eigenvalue weighted by molar-refractivity contribution is 5.95. The van der Waals surface area contributed by atoms with E-state index in [1.54, 1.807) is 11.0 Å². The highest BCUT2D eigenvalue weighted by Gasteiger charge is 2.13. The summed E-state index contributed by atoms with van der Waals surface area (Å²) in [5.74, 6) is -0.0316. The van der Waals surface area contributed by atoms with Gasteiger partial charge in [0.15, 0.2) is 0 Å². The molecule has 1 aromatic carbocycles. The molecule has 0 spiro atoms. The third kappa shape index (κ3) is 4.37. The summed E-state index contributed by atoms with van der Waals surface area (Å²) in [6, 6.07) is 7.62. The van der Waals surface area contributed by atoms with E-state index in [0.29, 0.717) is 18.7 Å². The van der Waals surface area contributed by atoms with Gasteiger partial charge in [0.25, 0.3) is 5.91 Å². The van der Waals surface area contributed by atoms with Gasteiger partial charge in [-0.15, -0.1) is 0 Å². The van der Waals surface area contributed by atoms with Crippen molar-refractivity contribution >= 4 is 5.91 Å². The maximum absolute atomic E-state index is 12.4. The number of carbonyl (C=O) groups excluding carboxylic acids is 1. The summed E-state index contributed by atoms with van der Waals surface area (Å²) in [6.45, 7) is 6.22. The van der Waals surface area contributed by atoms with Gasteiger partial charge in [-0.25, -0.2) is 9.67 Å². The van der Waals surface area contributed by atoms with E-state index in [-0.39, 0.29) is 5.91 Å². The summed E-state index contributed by atoms with van der Waals surface area (Å²) in [6.07, 6.45) is 3.15. The lowest BCUT2D eigenvalue weighted by molar-refractivity contribution is 0.0946. The van der Waals surface area contributed by atoms with E-state index < -0.39 is 0 Å². The van der Waals surface area contributed by atoms with Crippen LogP contribution in [0, 0.1) is 0 Å². The summed E-state index contributed by atoms with van der Waals surface area (Å²) in [5, 5.41) is 10.4. The Morgan fingerprint density at radius 1 is 1.26 bits per heavy atom. The van der Waals surface area contributed by atoms with Crippen molar-refractivity contribution in [3.8, 4) is 0 Å². The Hall–Kier alpha value is -2.25. The van der Waals surface area contributed by atoms with Crippen molar-refractivity contribution in [2.45, 2.75) is 6.54 Å². The molecule has 0 radical (unpaired) electrons. The minimum Gasteiger partial charge on any atom is -0.351 e. The first-order valence-electron chi connectivity index (χ1n) is 7.94. The molecule has 2 heterocycles. The molecule has 7 heteroatoms. The van der Waals surface area contributed by atoms with E-state index in [9.17, 15) is 4.79 Å². The molecule has 1 aromatic heterocycles. The molecule has 122 valence electrons. The smallest absolute Gasteiger partial charge is 0.251 e. The fourth-order valence-corrected chi connectivity index (χ4v) is 2.73.